The highest BCUT2D eigenvalue weighted by molar-refractivity contribution is 6.31. The molecule has 0 saturated carbocycles. The molecular formula is C27H20ClFN4O2. The predicted molar refractivity (Wildman–Crippen MR) is 135 cm³/mol. The quantitative estimate of drug-likeness (QED) is 0.262. The van der Waals surface area contributed by atoms with Crippen molar-refractivity contribution in [3.05, 3.63) is 100 Å². The Morgan fingerprint density at radius 2 is 1.83 bits per heavy atom. The van der Waals surface area contributed by atoms with Gasteiger partial charge in [-0.3, -0.25) is 9.59 Å². The number of aryl methyl sites for hydroxylation is 1. The van der Waals surface area contributed by atoms with E-state index in [9.17, 15) is 19.2 Å². The number of hydrogen-bond donors (Lipinski definition) is 2. The van der Waals surface area contributed by atoms with E-state index in [4.69, 9.17) is 11.6 Å². The summed E-state index contributed by atoms with van der Waals surface area (Å²) in [5.74, 6) is -1.26. The number of carbonyl (C=O) groups is 2. The molecular weight excluding hydrogens is 467 g/mol. The third-order valence-electron chi connectivity index (χ3n) is 5.37. The first-order valence-electron chi connectivity index (χ1n) is 10.7. The molecule has 0 aliphatic carbocycles. The molecule has 8 heteroatoms. The van der Waals surface area contributed by atoms with Crippen molar-refractivity contribution in [3.8, 4) is 6.07 Å². The van der Waals surface area contributed by atoms with Crippen LogP contribution in [-0.4, -0.2) is 16.4 Å². The molecule has 6 nitrogen and oxygen atoms in total. The number of carbonyl (C=O) groups excluding carboxylic acids is 2. The lowest BCUT2D eigenvalue weighted by Crippen LogP contribution is -2.18. The SMILES string of the molecule is Cc1ccc(Cl)cc1NC(=O)/C(C#N)=C/c1cn(CC(=O)Nc2ccc(F)cc2)c2ccccc12. The molecule has 0 radical (unpaired) electrons. The Hall–Kier alpha value is -4.41. The maximum Gasteiger partial charge on any atom is 0.266 e. The minimum absolute atomic E-state index is 0.0124. The molecule has 0 aliphatic rings. The molecule has 0 bridgehead atoms. The summed E-state index contributed by atoms with van der Waals surface area (Å²) in [5, 5.41) is 16.4. The number of halogens is 2. The zero-order valence-corrected chi connectivity index (χ0v) is 19.4. The minimum Gasteiger partial charge on any atom is -0.337 e. The monoisotopic (exact) mass is 486 g/mol. The molecule has 0 atom stereocenters. The number of nitriles is 1. The highest BCUT2D eigenvalue weighted by Gasteiger charge is 2.15. The molecule has 4 aromatic rings. The predicted octanol–water partition coefficient (Wildman–Crippen LogP) is 5.93. The van der Waals surface area contributed by atoms with Gasteiger partial charge in [-0.2, -0.15) is 5.26 Å². The van der Waals surface area contributed by atoms with E-state index in [0.717, 1.165) is 16.5 Å². The van der Waals surface area contributed by atoms with Crippen LogP contribution in [0, 0.1) is 24.1 Å². The van der Waals surface area contributed by atoms with Crippen LogP contribution in [0.15, 0.2) is 78.5 Å². The zero-order chi connectivity index (χ0) is 24.9. The van der Waals surface area contributed by atoms with E-state index in [1.165, 1.54) is 30.3 Å². The number of nitrogens with one attached hydrogen (secondary N) is 2. The third kappa shape index (κ3) is 5.57. The first-order chi connectivity index (χ1) is 16.8. The number of anilines is 2. The average molecular weight is 487 g/mol. The van der Waals surface area contributed by atoms with Crippen molar-refractivity contribution in [2.75, 3.05) is 10.6 Å². The van der Waals surface area contributed by atoms with E-state index < -0.39 is 11.7 Å². The van der Waals surface area contributed by atoms with Gasteiger partial charge < -0.3 is 15.2 Å². The second-order valence-corrected chi connectivity index (χ2v) is 8.30. The Bertz CT molecular complexity index is 1500. The fraction of sp³-hybridized carbons (Fsp3) is 0.0741. The first-order valence-corrected chi connectivity index (χ1v) is 11.0. The van der Waals surface area contributed by atoms with Crippen molar-refractivity contribution >= 4 is 51.8 Å². The van der Waals surface area contributed by atoms with Gasteiger partial charge in [-0.25, -0.2) is 4.39 Å². The summed E-state index contributed by atoms with van der Waals surface area (Å²) in [7, 11) is 0. The van der Waals surface area contributed by atoms with Gasteiger partial charge in [-0.15, -0.1) is 0 Å². The van der Waals surface area contributed by atoms with Gasteiger partial charge in [0, 0.05) is 39.1 Å². The van der Waals surface area contributed by atoms with Gasteiger partial charge >= 0.3 is 0 Å². The summed E-state index contributed by atoms with van der Waals surface area (Å²) in [6, 6.07) is 19.9. The lowest BCUT2D eigenvalue weighted by Gasteiger charge is -2.08. The van der Waals surface area contributed by atoms with Crippen LogP contribution in [0.25, 0.3) is 17.0 Å². The van der Waals surface area contributed by atoms with Crippen LogP contribution in [0.2, 0.25) is 5.02 Å². The molecule has 1 aromatic heterocycles. The normalized spacial score (nSPS) is 11.2. The van der Waals surface area contributed by atoms with Gasteiger partial charge in [0.2, 0.25) is 5.91 Å². The number of aromatic nitrogens is 1. The van der Waals surface area contributed by atoms with Crippen molar-refractivity contribution in [1.82, 2.24) is 4.57 Å². The van der Waals surface area contributed by atoms with E-state index in [0.29, 0.717) is 22.0 Å². The standard InChI is InChI=1S/C27H20ClFN4O2/c1-17-6-7-20(28)13-24(17)32-27(35)18(14-30)12-19-15-33(25-5-3-2-4-23(19)25)16-26(34)31-22-10-8-21(29)9-11-22/h2-13,15H,16H2,1H3,(H,31,34)(H,32,35)/b18-12+. The Morgan fingerprint density at radius 3 is 2.57 bits per heavy atom. The van der Waals surface area contributed by atoms with Crippen molar-refractivity contribution in [3.63, 3.8) is 0 Å². The molecule has 2 amide bonds. The zero-order valence-electron chi connectivity index (χ0n) is 18.7. The first kappa shape index (κ1) is 23.7. The van der Waals surface area contributed by atoms with E-state index in [1.807, 2.05) is 37.3 Å². The van der Waals surface area contributed by atoms with Gasteiger partial charge in [0.1, 0.15) is 24.0 Å². The molecule has 0 fully saturated rings. The molecule has 3 aromatic carbocycles. The number of hydrogen-bond acceptors (Lipinski definition) is 3. The second kappa shape index (κ2) is 10.2. The van der Waals surface area contributed by atoms with Gasteiger partial charge in [-0.05, 0) is 61.0 Å². The summed E-state index contributed by atoms with van der Waals surface area (Å²) >= 11 is 6.03. The number of para-hydroxylation sites is 1. The van der Waals surface area contributed by atoms with Gasteiger partial charge in [-0.1, -0.05) is 35.9 Å². The summed E-state index contributed by atoms with van der Waals surface area (Å²) < 4.78 is 14.8. The summed E-state index contributed by atoms with van der Waals surface area (Å²) in [4.78, 5) is 25.4. The fourth-order valence-electron chi connectivity index (χ4n) is 3.63. The lowest BCUT2D eigenvalue weighted by molar-refractivity contribution is -0.116. The molecule has 0 unspecified atom stereocenters. The lowest BCUT2D eigenvalue weighted by atomic mass is 10.1. The van der Waals surface area contributed by atoms with Gasteiger partial charge in [0.05, 0.1) is 0 Å². The van der Waals surface area contributed by atoms with Crippen molar-refractivity contribution < 1.29 is 14.0 Å². The van der Waals surface area contributed by atoms with Crippen LogP contribution >= 0.6 is 11.6 Å². The number of benzene rings is 3. The molecule has 2 N–H and O–H groups in total. The number of amides is 2. The third-order valence-corrected chi connectivity index (χ3v) is 5.61. The highest BCUT2D eigenvalue weighted by Crippen LogP contribution is 2.25. The molecule has 1 heterocycles. The van der Waals surface area contributed by atoms with Crippen LogP contribution in [0.4, 0.5) is 15.8 Å². The highest BCUT2D eigenvalue weighted by atomic mass is 35.5. The molecule has 174 valence electrons. The smallest absolute Gasteiger partial charge is 0.266 e. The van der Waals surface area contributed by atoms with Crippen molar-refractivity contribution in [1.29, 1.82) is 5.26 Å². The maximum absolute atomic E-state index is 13.1. The Labute approximate surface area is 206 Å². The topological polar surface area (TPSA) is 86.9 Å². The van der Waals surface area contributed by atoms with Crippen LogP contribution in [0.5, 0.6) is 0 Å². The summed E-state index contributed by atoms with van der Waals surface area (Å²) in [6.45, 7) is 1.81. The molecule has 0 aliphatic heterocycles. The van der Waals surface area contributed by atoms with Crippen molar-refractivity contribution in [2.24, 2.45) is 0 Å². The van der Waals surface area contributed by atoms with Gasteiger partial charge in [0.25, 0.3) is 5.91 Å². The van der Waals surface area contributed by atoms with Crippen LogP contribution in [0.1, 0.15) is 11.1 Å². The van der Waals surface area contributed by atoms with Crippen LogP contribution in [-0.2, 0) is 16.1 Å². The minimum atomic E-state index is -0.566. The van der Waals surface area contributed by atoms with E-state index in [-0.39, 0.29) is 18.0 Å². The summed E-state index contributed by atoms with van der Waals surface area (Å²) in [5.41, 5.74) is 3.09. The second-order valence-electron chi connectivity index (χ2n) is 7.87. The van der Waals surface area contributed by atoms with E-state index >= 15 is 0 Å². The van der Waals surface area contributed by atoms with Crippen molar-refractivity contribution in [2.45, 2.75) is 13.5 Å². The Balaban J connectivity index is 1.60. The molecule has 4 rings (SSSR count). The molecule has 0 spiro atoms. The molecule has 35 heavy (non-hydrogen) atoms. The average Bonchev–Trinajstić information content (AvgIpc) is 3.18. The van der Waals surface area contributed by atoms with Crippen LogP contribution < -0.4 is 10.6 Å². The number of nitrogens with zero attached hydrogens (tertiary/aromatic N) is 2. The van der Waals surface area contributed by atoms with Crippen LogP contribution in [0.3, 0.4) is 0 Å². The fourth-order valence-corrected chi connectivity index (χ4v) is 3.80. The van der Waals surface area contributed by atoms with E-state index in [2.05, 4.69) is 10.6 Å². The van der Waals surface area contributed by atoms with Gasteiger partial charge in [0.15, 0.2) is 0 Å². The largest absolute Gasteiger partial charge is 0.337 e. The summed E-state index contributed by atoms with van der Waals surface area (Å²) in [6.07, 6.45) is 3.20. The number of rotatable bonds is 6. The molecule has 0 saturated heterocycles. The Kier molecular flexibility index (Phi) is 6.95. The number of fused-ring (bicyclic) bond motifs is 1. The maximum atomic E-state index is 13.1. The van der Waals surface area contributed by atoms with E-state index in [1.54, 1.807) is 29.0 Å². The Morgan fingerprint density at radius 1 is 1.09 bits per heavy atom.